The van der Waals surface area contributed by atoms with Crippen LogP contribution in [0.25, 0.3) is 0 Å². The van der Waals surface area contributed by atoms with Crippen LogP contribution in [0.2, 0.25) is 5.15 Å². The zero-order valence-corrected chi connectivity index (χ0v) is 12.9. The van der Waals surface area contributed by atoms with Crippen molar-refractivity contribution in [2.45, 2.75) is 33.2 Å². The SMILES string of the molecule is CCCOC[C@H]1CCN(Cc2c(C)nn(C)c2Cl)C1. The number of likely N-dealkylation sites (tertiary alicyclic amines) is 1. The standard InChI is InChI=1S/C14H24ClN3O/c1-4-7-19-10-12-5-6-18(8-12)9-13-11(2)16-17(3)14(13)15/h12H,4-10H2,1-3H3/t12-/m0/s1. The molecule has 0 radical (unpaired) electrons. The summed E-state index contributed by atoms with van der Waals surface area (Å²) < 4.78 is 7.40. The Morgan fingerprint density at radius 2 is 2.26 bits per heavy atom. The van der Waals surface area contributed by atoms with Gasteiger partial charge in [0.25, 0.3) is 0 Å². The number of ether oxygens (including phenoxy) is 1. The van der Waals surface area contributed by atoms with E-state index in [9.17, 15) is 0 Å². The number of hydrogen-bond acceptors (Lipinski definition) is 3. The summed E-state index contributed by atoms with van der Waals surface area (Å²) in [6.45, 7) is 9.09. The van der Waals surface area contributed by atoms with Gasteiger partial charge in [-0.3, -0.25) is 9.58 Å². The van der Waals surface area contributed by atoms with Gasteiger partial charge in [-0.05, 0) is 32.2 Å². The van der Waals surface area contributed by atoms with E-state index in [-0.39, 0.29) is 0 Å². The third-order valence-corrected chi connectivity index (χ3v) is 4.20. The Bertz CT molecular complexity index is 419. The molecule has 0 amide bonds. The van der Waals surface area contributed by atoms with Crippen molar-refractivity contribution in [1.29, 1.82) is 0 Å². The lowest BCUT2D eigenvalue weighted by Gasteiger charge is -2.16. The fourth-order valence-electron chi connectivity index (χ4n) is 2.66. The number of aromatic nitrogens is 2. The van der Waals surface area contributed by atoms with Gasteiger partial charge >= 0.3 is 0 Å². The average Bonchev–Trinajstić information content (AvgIpc) is 2.91. The first-order valence-electron chi connectivity index (χ1n) is 7.09. The Hall–Kier alpha value is -0.580. The summed E-state index contributed by atoms with van der Waals surface area (Å²) in [5, 5.41) is 5.13. The lowest BCUT2D eigenvalue weighted by molar-refractivity contribution is 0.101. The maximum absolute atomic E-state index is 6.28. The van der Waals surface area contributed by atoms with Crippen molar-refractivity contribution in [3.05, 3.63) is 16.4 Å². The molecule has 1 fully saturated rings. The van der Waals surface area contributed by atoms with Crippen LogP contribution in [-0.2, 0) is 18.3 Å². The summed E-state index contributed by atoms with van der Waals surface area (Å²) in [6.07, 6.45) is 2.32. The Balaban J connectivity index is 1.84. The van der Waals surface area contributed by atoms with Crippen LogP contribution in [-0.4, -0.2) is 41.0 Å². The molecule has 1 aliphatic rings. The van der Waals surface area contributed by atoms with Crippen LogP contribution in [0, 0.1) is 12.8 Å². The van der Waals surface area contributed by atoms with Gasteiger partial charge in [0.05, 0.1) is 12.3 Å². The van der Waals surface area contributed by atoms with E-state index in [2.05, 4.69) is 16.9 Å². The molecule has 19 heavy (non-hydrogen) atoms. The second kappa shape index (κ2) is 6.73. The monoisotopic (exact) mass is 285 g/mol. The van der Waals surface area contributed by atoms with Gasteiger partial charge in [0.15, 0.2) is 0 Å². The van der Waals surface area contributed by atoms with E-state index in [0.29, 0.717) is 5.92 Å². The highest BCUT2D eigenvalue weighted by atomic mass is 35.5. The fourth-order valence-corrected chi connectivity index (χ4v) is 2.90. The first kappa shape index (κ1) is 14.8. The number of rotatable bonds is 6. The van der Waals surface area contributed by atoms with Crippen molar-refractivity contribution in [3.8, 4) is 0 Å². The summed E-state index contributed by atoms with van der Waals surface area (Å²) in [7, 11) is 1.89. The minimum Gasteiger partial charge on any atom is -0.381 e. The largest absolute Gasteiger partial charge is 0.381 e. The molecule has 0 spiro atoms. The van der Waals surface area contributed by atoms with Gasteiger partial charge in [-0.1, -0.05) is 18.5 Å². The van der Waals surface area contributed by atoms with Crippen molar-refractivity contribution in [2.75, 3.05) is 26.3 Å². The number of halogens is 1. The normalized spacial score (nSPS) is 20.3. The van der Waals surface area contributed by atoms with Crippen molar-refractivity contribution in [3.63, 3.8) is 0 Å². The molecular weight excluding hydrogens is 262 g/mol. The molecule has 4 nitrogen and oxygen atoms in total. The summed E-state index contributed by atoms with van der Waals surface area (Å²) >= 11 is 6.28. The van der Waals surface area contributed by atoms with Crippen molar-refractivity contribution < 1.29 is 4.74 Å². The van der Waals surface area contributed by atoms with E-state index in [4.69, 9.17) is 16.3 Å². The Morgan fingerprint density at radius 1 is 1.47 bits per heavy atom. The first-order valence-corrected chi connectivity index (χ1v) is 7.47. The highest BCUT2D eigenvalue weighted by molar-refractivity contribution is 6.30. The molecule has 2 rings (SSSR count). The lowest BCUT2D eigenvalue weighted by atomic mass is 10.1. The Labute approximate surface area is 120 Å². The maximum atomic E-state index is 6.28. The van der Waals surface area contributed by atoms with E-state index in [1.54, 1.807) is 4.68 Å². The van der Waals surface area contributed by atoms with E-state index >= 15 is 0 Å². The van der Waals surface area contributed by atoms with Gasteiger partial charge in [-0.2, -0.15) is 5.10 Å². The Kier molecular flexibility index (Phi) is 5.25. The second-order valence-corrected chi connectivity index (χ2v) is 5.80. The van der Waals surface area contributed by atoms with Crippen LogP contribution in [0.4, 0.5) is 0 Å². The van der Waals surface area contributed by atoms with Gasteiger partial charge in [0, 0.05) is 32.3 Å². The van der Waals surface area contributed by atoms with Gasteiger partial charge in [0.2, 0.25) is 0 Å². The average molecular weight is 286 g/mol. The van der Waals surface area contributed by atoms with Crippen LogP contribution in [0.3, 0.4) is 0 Å². The molecule has 108 valence electrons. The minimum atomic E-state index is 0.669. The molecule has 1 aromatic heterocycles. The van der Waals surface area contributed by atoms with E-state index in [0.717, 1.165) is 50.1 Å². The molecule has 1 saturated heterocycles. The topological polar surface area (TPSA) is 30.3 Å². The summed E-state index contributed by atoms with van der Waals surface area (Å²) in [6, 6.07) is 0. The molecular formula is C14H24ClN3O. The second-order valence-electron chi connectivity index (χ2n) is 5.44. The van der Waals surface area contributed by atoms with Crippen LogP contribution >= 0.6 is 11.6 Å². The molecule has 0 bridgehead atoms. The van der Waals surface area contributed by atoms with Crippen LogP contribution in [0.15, 0.2) is 0 Å². The minimum absolute atomic E-state index is 0.669. The van der Waals surface area contributed by atoms with Crippen molar-refractivity contribution in [1.82, 2.24) is 14.7 Å². The molecule has 0 saturated carbocycles. The number of hydrogen-bond donors (Lipinski definition) is 0. The van der Waals surface area contributed by atoms with Crippen molar-refractivity contribution in [2.24, 2.45) is 13.0 Å². The molecule has 0 N–H and O–H groups in total. The number of aryl methyl sites for hydroxylation is 2. The molecule has 0 aromatic carbocycles. The molecule has 2 heterocycles. The van der Waals surface area contributed by atoms with Crippen molar-refractivity contribution >= 4 is 11.6 Å². The van der Waals surface area contributed by atoms with E-state index < -0.39 is 0 Å². The predicted molar refractivity (Wildman–Crippen MR) is 77.4 cm³/mol. The first-order chi connectivity index (χ1) is 9.11. The Morgan fingerprint density at radius 3 is 2.89 bits per heavy atom. The fraction of sp³-hybridized carbons (Fsp3) is 0.786. The van der Waals surface area contributed by atoms with Gasteiger partial charge in [0.1, 0.15) is 5.15 Å². The van der Waals surface area contributed by atoms with Crippen LogP contribution < -0.4 is 0 Å². The third-order valence-electron chi connectivity index (χ3n) is 3.72. The molecule has 1 atom stereocenters. The van der Waals surface area contributed by atoms with Crippen LogP contribution in [0.1, 0.15) is 31.0 Å². The predicted octanol–water partition coefficient (Wildman–Crippen LogP) is 2.63. The zero-order valence-electron chi connectivity index (χ0n) is 12.2. The summed E-state index contributed by atoms with van der Waals surface area (Å²) in [5.41, 5.74) is 2.21. The molecule has 0 unspecified atom stereocenters. The molecule has 1 aromatic rings. The highest BCUT2D eigenvalue weighted by Crippen LogP contribution is 2.24. The van der Waals surface area contributed by atoms with Gasteiger partial charge in [-0.25, -0.2) is 0 Å². The third kappa shape index (κ3) is 3.71. The van der Waals surface area contributed by atoms with E-state index in [1.807, 2.05) is 14.0 Å². The van der Waals surface area contributed by atoms with Gasteiger partial charge in [-0.15, -0.1) is 0 Å². The molecule has 5 heteroatoms. The van der Waals surface area contributed by atoms with Gasteiger partial charge < -0.3 is 4.74 Å². The number of nitrogens with zero attached hydrogens (tertiary/aromatic N) is 3. The zero-order chi connectivity index (χ0) is 13.8. The lowest BCUT2D eigenvalue weighted by Crippen LogP contribution is -2.22. The molecule has 0 aliphatic carbocycles. The smallest absolute Gasteiger partial charge is 0.131 e. The summed E-state index contributed by atoms with van der Waals surface area (Å²) in [5.74, 6) is 0.669. The summed E-state index contributed by atoms with van der Waals surface area (Å²) in [4.78, 5) is 2.45. The molecule has 1 aliphatic heterocycles. The highest BCUT2D eigenvalue weighted by Gasteiger charge is 2.24. The maximum Gasteiger partial charge on any atom is 0.131 e. The quantitative estimate of drug-likeness (QED) is 0.753. The van der Waals surface area contributed by atoms with E-state index in [1.165, 1.54) is 12.0 Å². The van der Waals surface area contributed by atoms with Crippen LogP contribution in [0.5, 0.6) is 0 Å².